The summed E-state index contributed by atoms with van der Waals surface area (Å²) in [5.41, 5.74) is 8.88. The van der Waals surface area contributed by atoms with Crippen molar-refractivity contribution in [1.29, 1.82) is 0 Å². The minimum absolute atomic E-state index is 0.401. The minimum Gasteiger partial charge on any atom is -0.397 e. The van der Waals surface area contributed by atoms with Gasteiger partial charge in [-0.1, -0.05) is 17.7 Å². The number of aryl methyl sites for hydroxylation is 2. The van der Waals surface area contributed by atoms with Crippen molar-refractivity contribution in [3.05, 3.63) is 52.5 Å². The Morgan fingerprint density at radius 3 is 2.14 bits per heavy atom. The Bertz CT molecular complexity index is 681. The van der Waals surface area contributed by atoms with E-state index in [0.29, 0.717) is 22.1 Å². The van der Waals surface area contributed by atoms with Gasteiger partial charge >= 0.3 is 11.8 Å². The molecule has 0 saturated heterocycles. The topological polar surface area (TPSA) is 84.2 Å². The van der Waals surface area contributed by atoms with E-state index in [1.54, 1.807) is 43.3 Å². The van der Waals surface area contributed by atoms with Crippen LogP contribution in [-0.2, 0) is 9.59 Å². The molecule has 0 atom stereocenters. The van der Waals surface area contributed by atoms with Gasteiger partial charge < -0.3 is 16.4 Å². The van der Waals surface area contributed by atoms with Gasteiger partial charge in [0.1, 0.15) is 0 Å². The van der Waals surface area contributed by atoms with E-state index in [-0.39, 0.29) is 0 Å². The van der Waals surface area contributed by atoms with Crippen LogP contribution in [0.5, 0.6) is 0 Å². The first-order valence-electron chi connectivity index (χ1n) is 6.61. The van der Waals surface area contributed by atoms with Crippen molar-refractivity contribution in [1.82, 2.24) is 0 Å². The van der Waals surface area contributed by atoms with Crippen LogP contribution in [0.4, 0.5) is 17.1 Å². The van der Waals surface area contributed by atoms with Gasteiger partial charge in [-0.15, -0.1) is 0 Å². The number of rotatable bonds is 2. The molecule has 2 rings (SSSR count). The molecule has 4 N–H and O–H groups in total. The molecule has 0 spiro atoms. The number of amides is 2. The van der Waals surface area contributed by atoms with E-state index in [1.807, 2.05) is 6.92 Å². The molecule has 114 valence electrons. The number of anilines is 3. The quantitative estimate of drug-likeness (QED) is 0.587. The lowest BCUT2D eigenvalue weighted by atomic mass is 10.2. The highest BCUT2D eigenvalue weighted by molar-refractivity contribution is 6.44. The molecule has 0 saturated carbocycles. The zero-order valence-electron chi connectivity index (χ0n) is 12.2. The summed E-state index contributed by atoms with van der Waals surface area (Å²) in [5.74, 6) is -1.56. The normalized spacial score (nSPS) is 10.1. The van der Waals surface area contributed by atoms with Crippen molar-refractivity contribution in [2.75, 3.05) is 16.4 Å². The summed E-state index contributed by atoms with van der Waals surface area (Å²) in [6.45, 7) is 3.68. The van der Waals surface area contributed by atoms with Crippen LogP contribution in [0.15, 0.2) is 36.4 Å². The molecule has 0 radical (unpaired) electrons. The highest BCUT2D eigenvalue weighted by atomic mass is 35.5. The largest absolute Gasteiger partial charge is 0.397 e. The third-order valence-corrected chi connectivity index (χ3v) is 3.33. The predicted octanol–water partition coefficient (Wildman–Crippen LogP) is 3.12. The average molecular weight is 318 g/mol. The molecule has 0 aromatic heterocycles. The fourth-order valence-corrected chi connectivity index (χ4v) is 2.15. The molecule has 0 aliphatic carbocycles. The number of hydrogen-bond acceptors (Lipinski definition) is 3. The van der Waals surface area contributed by atoms with E-state index in [0.717, 1.165) is 11.1 Å². The lowest BCUT2D eigenvalue weighted by Gasteiger charge is -2.10. The molecule has 5 nitrogen and oxygen atoms in total. The number of nitrogen functional groups attached to an aromatic ring is 1. The fraction of sp³-hybridized carbons (Fsp3) is 0.125. The molecule has 0 aliphatic heterocycles. The number of hydrogen-bond donors (Lipinski definition) is 3. The maximum atomic E-state index is 11.9. The van der Waals surface area contributed by atoms with Gasteiger partial charge in [0, 0.05) is 10.7 Å². The molecule has 0 unspecified atom stereocenters. The van der Waals surface area contributed by atoms with Gasteiger partial charge in [-0.2, -0.15) is 0 Å². The van der Waals surface area contributed by atoms with Gasteiger partial charge in [-0.05, 0) is 55.3 Å². The Kier molecular flexibility index (Phi) is 4.68. The van der Waals surface area contributed by atoms with Crippen LogP contribution in [-0.4, -0.2) is 11.8 Å². The lowest BCUT2D eigenvalue weighted by Crippen LogP contribution is -2.29. The molecule has 0 aliphatic rings. The Morgan fingerprint density at radius 2 is 1.55 bits per heavy atom. The number of nitrogens with one attached hydrogen (secondary N) is 2. The van der Waals surface area contributed by atoms with E-state index in [2.05, 4.69) is 10.6 Å². The molecule has 2 amide bonds. The zero-order valence-corrected chi connectivity index (χ0v) is 13.0. The van der Waals surface area contributed by atoms with Gasteiger partial charge in [0.2, 0.25) is 0 Å². The Morgan fingerprint density at radius 1 is 0.955 bits per heavy atom. The molecule has 2 aromatic rings. The van der Waals surface area contributed by atoms with Gasteiger partial charge in [0.05, 0.1) is 11.4 Å². The van der Waals surface area contributed by atoms with Gasteiger partial charge in [0.15, 0.2) is 0 Å². The Labute approximate surface area is 133 Å². The monoisotopic (exact) mass is 317 g/mol. The average Bonchev–Trinajstić information content (AvgIpc) is 2.44. The number of nitrogens with two attached hydrogens (primary N) is 1. The molecule has 0 fully saturated rings. The molecular formula is C16H16ClN3O2. The summed E-state index contributed by atoms with van der Waals surface area (Å²) in [6.07, 6.45) is 0. The first-order valence-corrected chi connectivity index (χ1v) is 6.99. The number of halogens is 1. The molecule has 2 aromatic carbocycles. The van der Waals surface area contributed by atoms with Crippen LogP contribution in [0.1, 0.15) is 11.1 Å². The van der Waals surface area contributed by atoms with Crippen molar-refractivity contribution >= 4 is 40.5 Å². The highest BCUT2D eigenvalue weighted by Crippen LogP contribution is 2.21. The second-order valence-electron chi connectivity index (χ2n) is 4.96. The first kappa shape index (κ1) is 15.9. The van der Waals surface area contributed by atoms with Gasteiger partial charge in [-0.3, -0.25) is 9.59 Å². The van der Waals surface area contributed by atoms with E-state index < -0.39 is 11.8 Å². The number of benzene rings is 2. The lowest BCUT2D eigenvalue weighted by molar-refractivity contribution is -0.132. The Hall–Kier alpha value is -2.53. The summed E-state index contributed by atoms with van der Waals surface area (Å²) in [4.78, 5) is 23.9. The molecular weight excluding hydrogens is 302 g/mol. The Balaban J connectivity index is 2.07. The first-order chi connectivity index (χ1) is 10.4. The van der Waals surface area contributed by atoms with Crippen molar-refractivity contribution in [3.63, 3.8) is 0 Å². The summed E-state index contributed by atoms with van der Waals surface area (Å²) < 4.78 is 0. The fourth-order valence-electron chi connectivity index (χ4n) is 1.92. The van der Waals surface area contributed by atoms with Crippen LogP contribution in [0, 0.1) is 13.8 Å². The van der Waals surface area contributed by atoms with E-state index in [4.69, 9.17) is 17.3 Å². The number of carbonyl (C=O) groups is 2. The van der Waals surface area contributed by atoms with E-state index >= 15 is 0 Å². The van der Waals surface area contributed by atoms with Gasteiger partial charge in [-0.25, -0.2) is 0 Å². The minimum atomic E-state index is -0.787. The van der Waals surface area contributed by atoms with E-state index in [1.165, 1.54) is 0 Å². The molecule has 6 heteroatoms. The second kappa shape index (κ2) is 6.49. The summed E-state index contributed by atoms with van der Waals surface area (Å²) in [6, 6.07) is 10.2. The maximum absolute atomic E-state index is 11.9. The third-order valence-electron chi connectivity index (χ3n) is 3.10. The zero-order chi connectivity index (χ0) is 16.3. The van der Waals surface area contributed by atoms with Crippen molar-refractivity contribution in [2.24, 2.45) is 0 Å². The third kappa shape index (κ3) is 3.77. The van der Waals surface area contributed by atoms with E-state index in [9.17, 15) is 9.59 Å². The van der Waals surface area contributed by atoms with Crippen molar-refractivity contribution < 1.29 is 9.59 Å². The SMILES string of the molecule is Cc1ccc(NC(=O)C(=O)Nc2ccc(Cl)cc2C)c(N)c1. The number of carbonyl (C=O) groups excluding carboxylic acids is 2. The molecule has 0 heterocycles. The van der Waals surface area contributed by atoms with Crippen molar-refractivity contribution in [3.8, 4) is 0 Å². The van der Waals surface area contributed by atoms with Crippen LogP contribution >= 0.6 is 11.6 Å². The summed E-state index contributed by atoms with van der Waals surface area (Å²) >= 11 is 5.85. The van der Waals surface area contributed by atoms with Crippen LogP contribution in [0.25, 0.3) is 0 Å². The standard InChI is InChI=1S/C16H16ClN3O2/c1-9-3-5-14(12(18)7-9)20-16(22)15(21)19-13-6-4-11(17)8-10(13)2/h3-8H,18H2,1-2H3,(H,19,21)(H,20,22). The summed E-state index contributed by atoms with van der Waals surface area (Å²) in [7, 11) is 0. The molecule has 0 bridgehead atoms. The second-order valence-corrected chi connectivity index (χ2v) is 5.39. The summed E-state index contributed by atoms with van der Waals surface area (Å²) in [5, 5.41) is 5.59. The van der Waals surface area contributed by atoms with Crippen LogP contribution in [0.2, 0.25) is 5.02 Å². The highest BCUT2D eigenvalue weighted by Gasteiger charge is 2.16. The van der Waals surface area contributed by atoms with Gasteiger partial charge in [0.25, 0.3) is 0 Å². The smallest absolute Gasteiger partial charge is 0.314 e. The maximum Gasteiger partial charge on any atom is 0.314 e. The predicted molar refractivity (Wildman–Crippen MR) is 89.0 cm³/mol. The van der Waals surface area contributed by atoms with Crippen LogP contribution < -0.4 is 16.4 Å². The van der Waals surface area contributed by atoms with Crippen molar-refractivity contribution in [2.45, 2.75) is 13.8 Å². The molecule has 22 heavy (non-hydrogen) atoms. The van der Waals surface area contributed by atoms with Crippen LogP contribution in [0.3, 0.4) is 0 Å².